The van der Waals surface area contributed by atoms with Crippen LogP contribution in [0.5, 0.6) is 0 Å². The van der Waals surface area contributed by atoms with E-state index in [2.05, 4.69) is 23.6 Å². The second-order valence-electron chi connectivity index (χ2n) is 6.15. The molecule has 0 aromatic rings. The Balaban J connectivity index is 1.88. The van der Waals surface area contributed by atoms with Crippen LogP contribution >= 0.6 is 0 Å². The molecule has 0 bridgehead atoms. The molecule has 1 amide bonds. The third kappa shape index (κ3) is 3.71. The van der Waals surface area contributed by atoms with Crippen molar-refractivity contribution in [2.45, 2.75) is 45.9 Å². The quantitative estimate of drug-likeness (QED) is 0.762. The molecule has 20 heavy (non-hydrogen) atoms. The van der Waals surface area contributed by atoms with Gasteiger partial charge in [0.15, 0.2) is 0 Å². The SMILES string of the molecule is CCN1CCN(C(C)C(=O)N2CC(C)OC(C)C2)CC1. The average Bonchev–Trinajstić information content (AvgIpc) is 2.45. The minimum absolute atomic E-state index is 0.00786. The zero-order valence-electron chi connectivity index (χ0n) is 13.3. The lowest BCUT2D eigenvalue weighted by molar-refractivity contribution is -0.148. The van der Waals surface area contributed by atoms with Gasteiger partial charge in [-0.1, -0.05) is 6.92 Å². The Labute approximate surface area is 122 Å². The van der Waals surface area contributed by atoms with Crippen molar-refractivity contribution < 1.29 is 9.53 Å². The maximum atomic E-state index is 12.7. The molecule has 2 aliphatic heterocycles. The van der Waals surface area contributed by atoms with Gasteiger partial charge in [-0.3, -0.25) is 9.69 Å². The van der Waals surface area contributed by atoms with Crippen LogP contribution in [0, 0.1) is 0 Å². The molecule has 3 unspecified atom stereocenters. The Morgan fingerprint density at radius 1 is 1.15 bits per heavy atom. The van der Waals surface area contributed by atoms with Crippen LogP contribution in [-0.4, -0.2) is 84.7 Å². The maximum absolute atomic E-state index is 12.7. The molecule has 2 heterocycles. The summed E-state index contributed by atoms with van der Waals surface area (Å²) < 4.78 is 5.71. The molecule has 0 saturated carbocycles. The van der Waals surface area contributed by atoms with Gasteiger partial charge in [0.2, 0.25) is 5.91 Å². The normalized spacial score (nSPS) is 31.3. The number of morpholine rings is 1. The molecule has 0 radical (unpaired) electrons. The first kappa shape index (κ1) is 15.7. The summed E-state index contributed by atoms with van der Waals surface area (Å²) in [5.74, 6) is 0.261. The number of hydrogen-bond acceptors (Lipinski definition) is 4. The van der Waals surface area contributed by atoms with E-state index in [0.29, 0.717) is 0 Å². The summed E-state index contributed by atoms with van der Waals surface area (Å²) >= 11 is 0. The van der Waals surface area contributed by atoms with Crippen LogP contribution in [0.25, 0.3) is 0 Å². The van der Waals surface area contributed by atoms with Crippen molar-refractivity contribution in [3.63, 3.8) is 0 Å². The van der Waals surface area contributed by atoms with Crippen LogP contribution in [0.2, 0.25) is 0 Å². The van der Waals surface area contributed by atoms with Crippen molar-refractivity contribution in [2.24, 2.45) is 0 Å². The second kappa shape index (κ2) is 6.87. The van der Waals surface area contributed by atoms with E-state index in [4.69, 9.17) is 4.74 Å². The van der Waals surface area contributed by atoms with E-state index in [9.17, 15) is 4.79 Å². The molecule has 0 aromatic carbocycles. The number of carbonyl (C=O) groups is 1. The first-order valence-electron chi connectivity index (χ1n) is 7.92. The van der Waals surface area contributed by atoms with Gasteiger partial charge in [-0.05, 0) is 27.3 Å². The molecule has 2 saturated heterocycles. The fourth-order valence-electron chi connectivity index (χ4n) is 3.25. The fourth-order valence-corrected chi connectivity index (χ4v) is 3.25. The van der Waals surface area contributed by atoms with Gasteiger partial charge in [0.25, 0.3) is 0 Å². The van der Waals surface area contributed by atoms with E-state index in [1.54, 1.807) is 0 Å². The Kier molecular flexibility index (Phi) is 5.41. The molecular weight excluding hydrogens is 254 g/mol. The van der Waals surface area contributed by atoms with Gasteiger partial charge in [-0.2, -0.15) is 0 Å². The first-order chi connectivity index (χ1) is 9.51. The van der Waals surface area contributed by atoms with Gasteiger partial charge in [0.05, 0.1) is 18.2 Å². The summed E-state index contributed by atoms with van der Waals surface area (Å²) in [6, 6.07) is -0.00786. The van der Waals surface area contributed by atoms with Crippen LogP contribution in [0.1, 0.15) is 27.7 Å². The number of carbonyl (C=O) groups excluding carboxylic acids is 1. The molecule has 2 rings (SSSR count). The molecular formula is C15H29N3O2. The van der Waals surface area contributed by atoms with Gasteiger partial charge in [0.1, 0.15) is 0 Å². The lowest BCUT2D eigenvalue weighted by Crippen LogP contribution is -2.57. The van der Waals surface area contributed by atoms with Crippen LogP contribution in [-0.2, 0) is 9.53 Å². The number of ether oxygens (including phenoxy) is 1. The van der Waals surface area contributed by atoms with E-state index < -0.39 is 0 Å². The number of hydrogen-bond donors (Lipinski definition) is 0. The smallest absolute Gasteiger partial charge is 0.239 e. The van der Waals surface area contributed by atoms with E-state index in [1.807, 2.05) is 18.7 Å². The maximum Gasteiger partial charge on any atom is 0.239 e. The highest BCUT2D eigenvalue weighted by Gasteiger charge is 2.32. The molecule has 2 fully saturated rings. The molecule has 5 heteroatoms. The average molecular weight is 283 g/mol. The Morgan fingerprint density at radius 2 is 1.70 bits per heavy atom. The Hall–Kier alpha value is -0.650. The lowest BCUT2D eigenvalue weighted by Gasteiger charge is -2.41. The van der Waals surface area contributed by atoms with E-state index in [0.717, 1.165) is 45.8 Å². The van der Waals surface area contributed by atoms with Crippen molar-refractivity contribution in [3.05, 3.63) is 0 Å². The molecule has 2 aliphatic rings. The highest BCUT2D eigenvalue weighted by atomic mass is 16.5. The number of piperazine rings is 1. The van der Waals surface area contributed by atoms with E-state index >= 15 is 0 Å². The number of likely N-dealkylation sites (N-methyl/N-ethyl adjacent to an activating group) is 1. The van der Waals surface area contributed by atoms with Crippen molar-refractivity contribution in [2.75, 3.05) is 45.8 Å². The summed E-state index contributed by atoms with van der Waals surface area (Å²) in [5, 5.41) is 0. The van der Waals surface area contributed by atoms with Crippen molar-refractivity contribution >= 4 is 5.91 Å². The summed E-state index contributed by atoms with van der Waals surface area (Å²) in [6.07, 6.45) is 0.290. The summed E-state index contributed by atoms with van der Waals surface area (Å²) in [5.41, 5.74) is 0. The molecule has 5 nitrogen and oxygen atoms in total. The Morgan fingerprint density at radius 3 is 2.20 bits per heavy atom. The van der Waals surface area contributed by atoms with Gasteiger partial charge in [0, 0.05) is 39.3 Å². The van der Waals surface area contributed by atoms with Crippen molar-refractivity contribution in [1.29, 1.82) is 0 Å². The number of amides is 1. The third-order valence-corrected chi connectivity index (χ3v) is 4.49. The number of nitrogens with zero attached hydrogens (tertiary/aromatic N) is 3. The van der Waals surface area contributed by atoms with Crippen molar-refractivity contribution in [1.82, 2.24) is 14.7 Å². The summed E-state index contributed by atoms with van der Waals surface area (Å²) in [7, 11) is 0. The zero-order valence-corrected chi connectivity index (χ0v) is 13.3. The monoisotopic (exact) mass is 283 g/mol. The minimum Gasteiger partial charge on any atom is -0.372 e. The summed E-state index contributed by atoms with van der Waals surface area (Å²) in [6.45, 7) is 15.0. The van der Waals surface area contributed by atoms with Crippen LogP contribution in [0.3, 0.4) is 0 Å². The highest BCUT2D eigenvalue weighted by molar-refractivity contribution is 5.81. The fraction of sp³-hybridized carbons (Fsp3) is 0.933. The Bertz CT molecular complexity index is 319. The minimum atomic E-state index is -0.00786. The zero-order chi connectivity index (χ0) is 14.7. The van der Waals surface area contributed by atoms with Gasteiger partial charge in [-0.15, -0.1) is 0 Å². The predicted molar refractivity (Wildman–Crippen MR) is 79.7 cm³/mol. The molecule has 0 N–H and O–H groups in total. The van der Waals surface area contributed by atoms with Crippen LogP contribution in [0.15, 0.2) is 0 Å². The molecule has 3 atom stereocenters. The molecule has 0 aromatic heterocycles. The van der Waals surface area contributed by atoms with Crippen LogP contribution < -0.4 is 0 Å². The lowest BCUT2D eigenvalue weighted by atomic mass is 10.1. The predicted octanol–water partition coefficient (Wildman–Crippen LogP) is 0.648. The van der Waals surface area contributed by atoms with Gasteiger partial charge >= 0.3 is 0 Å². The topological polar surface area (TPSA) is 36.0 Å². The molecule has 116 valence electrons. The van der Waals surface area contributed by atoms with Gasteiger partial charge < -0.3 is 14.5 Å². The van der Waals surface area contributed by atoms with E-state index in [1.165, 1.54) is 0 Å². The molecule has 0 aliphatic carbocycles. The van der Waals surface area contributed by atoms with Gasteiger partial charge in [-0.25, -0.2) is 0 Å². The molecule has 0 spiro atoms. The third-order valence-electron chi connectivity index (χ3n) is 4.49. The largest absolute Gasteiger partial charge is 0.372 e. The van der Waals surface area contributed by atoms with Crippen molar-refractivity contribution in [3.8, 4) is 0 Å². The standard InChI is InChI=1S/C15H29N3O2/c1-5-16-6-8-17(9-7-16)14(4)15(19)18-10-12(2)20-13(3)11-18/h12-14H,5-11H2,1-4H3. The summed E-state index contributed by atoms with van der Waals surface area (Å²) in [4.78, 5) is 19.4. The highest BCUT2D eigenvalue weighted by Crippen LogP contribution is 2.15. The number of rotatable bonds is 3. The first-order valence-corrected chi connectivity index (χ1v) is 7.92. The van der Waals surface area contributed by atoms with E-state index in [-0.39, 0.29) is 24.2 Å². The second-order valence-corrected chi connectivity index (χ2v) is 6.15. The van der Waals surface area contributed by atoms with Crippen LogP contribution in [0.4, 0.5) is 0 Å².